The minimum atomic E-state index is 1.23. The molecule has 0 amide bonds. The first-order valence-electron chi connectivity index (χ1n) is 13.5. The largest absolute Gasteiger partial charge is 0.140 e. The average Bonchev–Trinajstić information content (AvgIpc) is 3.53. The highest BCUT2D eigenvalue weighted by Gasteiger charge is 2.07. The standard InChI is InChI=1S/C32H40S2/c1-3-5-7-9-11-13-29-19-21-31(33-29)27-17-15-26-24-28(18-16-25(26)23-27)32-22-20-30(34-32)14-12-10-8-6-4-2/h15-24H,3-14H2,1-2H3. The minimum Gasteiger partial charge on any atom is -0.140 e. The van der Waals surface area contributed by atoms with Gasteiger partial charge in [0.2, 0.25) is 0 Å². The van der Waals surface area contributed by atoms with Crippen molar-refractivity contribution in [2.75, 3.05) is 0 Å². The molecule has 0 radical (unpaired) electrons. The first kappa shape index (κ1) is 25.2. The van der Waals surface area contributed by atoms with Crippen LogP contribution in [-0.4, -0.2) is 0 Å². The van der Waals surface area contributed by atoms with E-state index in [1.54, 1.807) is 0 Å². The number of aryl methyl sites for hydroxylation is 2. The molecule has 4 rings (SSSR count). The summed E-state index contributed by atoms with van der Waals surface area (Å²) < 4.78 is 0. The Morgan fingerprint density at radius 2 is 0.912 bits per heavy atom. The van der Waals surface area contributed by atoms with Crippen LogP contribution in [0.3, 0.4) is 0 Å². The van der Waals surface area contributed by atoms with Crippen molar-refractivity contribution in [2.45, 2.75) is 90.9 Å². The highest BCUT2D eigenvalue weighted by Crippen LogP contribution is 2.34. The van der Waals surface area contributed by atoms with Gasteiger partial charge < -0.3 is 0 Å². The molecule has 0 aliphatic heterocycles. The van der Waals surface area contributed by atoms with Crippen LogP contribution in [0.4, 0.5) is 0 Å². The molecular weight excluding hydrogens is 448 g/mol. The molecule has 0 atom stereocenters. The van der Waals surface area contributed by atoms with Crippen molar-refractivity contribution in [1.82, 2.24) is 0 Å². The molecule has 2 aromatic heterocycles. The summed E-state index contributed by atoms with van der Waals surface area (Å²) in [6.45, 7) is 4.57. The van der Waals surface area contributed by atoms with E-state index in [9.17, 15) is 0 Å². The lowest BCUT2D eigenvalue weighted by Gasteiger charge is -2.05. The van der Waals surface area contributed by atoms with Gasteiger partial charge in [-0.05, 0) is 84.0 Å². The Bertz CT molecular complexity index is 1060. The lowest BCUT2D eigenvalue weighted by atomic mass is 10.0. The van der Waals surface area contributed by atoms with Crippen molar-refractivity contribution in [2.24, 2.45) is 0 Å². The van der Waals surface area contributed by atoms with Gasteiger partial charge in [-0.3, -0.25) is 0 Å². The Morgan fingerprint density at radius 3 is 1.35 bits per heavy atom. The molecule has 0 N–H and O–H groups in total. The van der Waals surface area contributed by atoms with Crippen LogP contribution in [0.25, 0.3) is 31.7 Å². The summed E-state index contributed by atoms with van der Waals surface area (Å²) in [4.78, 5) is 5.86. The fourth-order valence-electron chi connectivity index (χ4n) is 4.69. The van der Waals surface area contributed by atoms with Crippen LogP contribution in [0.5, 0.6) is 0 Å². The maximum absolute atomic E-state index is 2.37. The van der Waals surface area contributed by atoms with Crippen LogP contribution in [0.2, 0.25) is 0 Å². The van der Waals surface area contributed by atoms with Crippen molar-refractivity contribution in [3.05, 3.63) is 70.4 Å². The number of unbranched alkanes of at least 4 members (excludes halogenated alkanes) is 8. The first-order chi connectivity index (χ1) is 16.8. The lowest BCUT2D eigenvalue weighted by molar-refractivity contribution is 0.634. The van der Waals surface area contributed by atoms with Crippen LogP contribution in [0.1, 0.15) is 87.8 Å². The number of hydrogen-bond acceptors (Lipinski definition) is 2. The average molecular weight is 489 g/mol. The fourth-order valence-corrected chi connectivity index (χ4v) is 6.78. The zero-order chi connectivity index (χ0) is 23.6. The molecule has 180 valence electrons. The molecule has 0 aliphatic carbocycles. The molecule has 34 heavy (non-hydrogen) atoms. The SMILES string of the molecule is CCCCCCCc1ccc(-c2ccc3cc(-c4ccc(CCCCCCC)s4)ccc3c2)s1. The first-order valence-corrected chi connectivity index (χ1v) is 15.1. The lowest BCUT2D eigenvalue weighted by Crippen LogP contribution is -1.81. The Balaban J connectivity index is 1.38. The van der Waals surface area contributed by atoms with Crippen LogP contribution >= 0.6 is 22.7 Å². The van der Waals surface area contributed by atoms with Gasteiger partial charge in [-0.2, -0.15) is 0 Å². The van der Waals surface area contributed by atoms with Gasteiger partial charge in [0.15, 0.2) is 0 Å². The predicted molar refractivity (Wildman–Crippen MR) is 155 cm³/mol. The van der Waals surface area contributed by atoms with Gasteiger partial charge in [0.05, 0.1) is 0 Å². The number of rotatable bonds is 14. The van der Waals surface area contributed by atoms with E-state index in [4.69, 9.17) is 0 Å². The van der Waals surface area contributed by atoms with Gasteiger partial charge in [0, 0.05) is 19.5 Å². The molecular formula is C32H40S2. The molecule has 0 spiro atoms. The zero-order valence-electron chi connectivity index (χ0n) is 21.1. The van der Waals surface area contributed by atoms with E-state index >= 15 is 0 Å². The highest BCUT2D eigenvalue weighted by atomic mass is 32.1. The summed E-state index contributed by atoms with van der Waals surface area (Å²) in [5, 5.41) is 2.67. The minimum absolute atomic E-state index is 1.23. The Labute approximate surface area is 215 Å². The van der Waals surface area contributed by atoms with Crippen molar-refractivity contribution < 1.29 is 0 Å². The summed E-state index contributed by atoms with van der Waals surface area (Å²) in [6.07, 6.45) is 16.0. The van der Waals surface area contributed by atoms with Gasteiger partial charge in [-0.1, -0.05) is 89.5 Å². The fraction of sp³-hybridized carbons (Fsp3) is 0.438. The van der Waals surface area contributed by atoms with Crippen LogP contribution < -0.4 is 0 Å². The maximum Gasteiger partial charge on any atom is 0.0345 e. The van der Waals surface area contributed by atoms with Gasteiger partial charge >= 0.3 is 0 Å². The van der Waals surface area contributed by atoms with Gasteiger partial charge in [-0.15, -0.1) is 22.7 Å². The number of thiophene rings is 2. The van der Waals surface area contributed by atoms with Crippen molar-refractivity contribution >= 4 is 33.4 Å². The third-order valence-electron chi connectivity index (χ3n) is 6.79. The second-order valence-electron chi connectivity index (χ2n) is 9.64. The summed E-state index contributed by atoms with van der Waals surface area (Å²) >= 11 is 3.95. The third kappa shape index (κ3) is 7.06. The second-order valence-corrected chi connectivity index (χ2v) is 12.0. The monoisotopic (exact) mass is 488 g/mol. The van der Waals surface area contributed by atoms with E-state index < -0.39 is 0 Å². The van der Waals surface area contributed by atoms with Gasteiger partial charge in [0.25, 0.3) is 0 Å². The molecule has 2 heteroatoms. The van der Waals surface area contributed by atoms with E-state index in [1.165, 1.54) is 118 Å². The smallest absolute Gasteiger partial charge is 0.0345 e. The second kappa shape index (κ2) is 13.3. The molecule has 0 aliphatic rings. The summed E-state index contributed by atoms with van der Waals surface area (Å²) in [5.41, 5.74) is 2.70. The zero-order valence-corrected chi connectivity index (χ0v) is 22.7. The molecule has 0 unspecified atom stereocenters. The molecule has 2 heterocycles. The van der Waals surface area contributed by atoms with Crippen molar-refractivity contribution in [3.8, 4) is 20.9 Å². The molecule has 0 saturated heterocycles. The number of hydrogen-bond donors (Lipinski definition) is 0. The molecule has 0 fully saturated rings. The quantitative estimate of drug-likeness (QED) is 0.155. The predicted octanol–water partition coefficient (Wildman–Crippen LogP) is 11.3. The molecule has 4 aromatic rings. The summed E-state index contributed by atoms with van der Waals surface area (Å²) in [6, 6.07) is 23.3. The van der Waals surface area contributed by atoms with Gasteiger partial charge in [0.1, 0.15) is 0 Å². The number of benzene rings is 2. The summed E-state index contributed by atoms with van der Waals surface area (Å²) in [5.74, 6) is 0. The van der Waals surface area contributed by atoms with Crippen LogP contribution in [-0.2, 0) is 12.8 Å². The topological polar surface area (TPSA) is 0 Å². The molecule has 0 saturated carbocycles. The highest BCUT2D eigenvalue weighted by molar-refractivity contribution is 7.15. The normalized spacial score (nSPS) is 11.5. The van der Waals surface area contributed by atoms with Crippen LogP contribution in [0.15, 0.2) is 60.7 Å². The van der Waals surface area contributed by atoms with E-state index in [0.29, 0.717) is 0 Å². The van der Waals surface area contributed by atoms with Crippen molar-refractivity contribution in [3.63, 3.8) is 0 Å². The van der Waals surface area contributed by atoms with Crippen molar-refractivity contribution in [1.29, 1.82) is 0 Å². The van der Waals surface area contributed by atoms with Gasteiger partial charge in [-0.25, -0.2) is 0 Å². The molecule has 0 nitrogen and oxygen atoms in total. The molecule has 2 aromatic carbocycles. The Kier molecular flexibility index (Phi) is 9.83. The van der Waals surface area contributed by atoms with E-state index in [2.05, 4.69) is 74.5 Å². The maximum atomic E-state index is 2.37. The Morgan fingerprint density at radius 1 is 0.471 bits per heavy atom. The third-order valence-corrected chi connectivity index (χ3v) is 9.17. The Hall–Kier alpha value is -1.90. The number of fused-ring (bicyclic) bond motifs is 1. The summed E-state index contributed by atoms with van der Waals surface area (Å²) in [7, 11) is 0. The van der Waals surface area contributed by atoms with E-state index in [-0.39, 0.29) is 0 Å². The van der Waals surface area contributed by atoms with E-state index in [1.807, 2.05) is 22.7 Å². The van der Waals surface area contributed by atoms with Crippen LogP contribution in [0, 0.1) is 0 Å². The molecule has 0 bridgehead atoms. The van der Waals surface area contributed by atoms with E-state index in [0.717, 1.165) is 0 Å².